The van der Waals surface area contributed by atoms with Gasteiger partial charge < -0.3 is 44.2 Å². The molecule has 4 N–H and O–H groups in total. The number of nitrogens with zero attached hydrogens (tertiary/aromatic N) is 1. The number of aliphatic hydroxyl groups excluding tert-OH is 2. The number of aromatic amines is 1. The van der Waals surface area contributed by atoms with E-state index in [2.05, 4.69) is 4.98 Å². The predicted molar refractivity (Wildman–Crippen MR) is 258 cm³/mol. The number of H-pyrrole nitrogens is 1. The van der Waals surface area contributed by atoms with Crippen LogP contribution in [0.15, 0.2) is 65.9 Å². The number of cyclic esters (lactones) is 1. The van der Waals surface area contributed by atoms with Gasteiger partial charge >= 0.3 is 5.97 Å². The molecule has 1 aromatic rings. The van der Waals surface area contributed by atoms with Crippen molar-refractivity contribution in [2.45, 2.75) is 180 Å². The summed E-state index contributed by atoms with van der Waals surface area (Å²) in [5.74, 6) is -8.09. The molecule has 1 amide bonds. The largest absolute Gasteiger partial charge is 0.460 e. The van der Waals surface area contributed by atoms with Crippen molar-refractivity contribution >= 4 is 29.2 Å². The quantitative estimate of drug-likeness (QED) is 0.126. The van der Waals surface area contributed by atoms with Crippen LogP contribution in [0.1, 0.15) is 137 Å². The third kappa shape index (κ3) is 13.8. The lowest BCUT2D eigenvalue weighted by molar-refractivity contribution is -0.264. The Morgan fingerprint density at radius 3 is 2.34 bits per heavy atom. The number of Topliss-reactive ketones (excluding diaryl/α,β-unsaturated/α-hetero) is 3. The molecule has 2 saturated heterocycles. The maximum Gasteiger partial charge on any atom is 0.329 e. The van der Waals surface area contributed by atoms with E-state index in [4.69, 9.17) is 18.9 Å². The van der Waals surface area contributed by atoms with Gasteiger partial charge in [-0.3, -0.25) is 19.2 Å². The molecule has 14 nitrogen and oxygen atoms in total. The van der Waals surface area contributed by atoms with Gasteiger partial charge in [0.15, 0.2) is 5.78 Å². The van der Waals surface area contributed by atoms with Crippen LogP contribution >= 0.6 is 0 Å². The number of aromatic nitrogens is 1. The number of hydrogen-bond acceptors (Lipinski definition) is 12. The van der Waals surface area contributed by atoms with Gasteiger partial charge in [0.05, 0.1) is 18.3 Å². The molecule has 2 unspecified atom stereocenters. The van der Waals surface area contributed by atoms with E-state index >= 15 is 0 Å². The number of carbonyl (C=O) groups is 5. The molecule has 1 saturated carbocycles. The van der Waals surface area contributed by atoms with Gasteiger partial charge in [-0.2, -0.15) is 0 Å². The van der Waals surface area contributed by atoms with Crippen LogP contribution in [-0.2, 0) is 42.9 Å². The van der Waals surface area contributed by atoms with Gasteiger partial charge in [-0.1, -0.05) is 76.6 Å². The highest BCUT2D eigenvalue weighted by Gasteiger charge is 2.53. The second-order valence-electron chi connectivity index (χ2n) is 20.5. The molecule has 5 rings (SSSR count). The van der Waals surface area contributed by atoms with E-state index in [0.717, 1.165) is 17.7 Å². The highest BCUT2D eigenvalue weighted by Crippen LogP contribution is 2.40. The van der Waals surface area contributed by atoms with Gasteiger partial charge in [0.25, 0.3) is 11.7 Å². The van der Waals surface area contributed by atoms with Crippen LogP contribution in [0.3, 0.4) is 0 Å². The minimum Gasteiger partial charge on any atom is -0.460 e. The first kappa shape index (κ1) is 54.9. The van der Waals surface area contributed by atoms with Crippen molar-refractivity contribution in [1.82, 2.24) is 9.88 Å². The van der Waals surface area contributed by atoms with Crippen molar-refractivity contribution in [2.75, 3.05) is 20.8 Å². The molecule has 14 heteroatoms. The van der Waals surface area contributed by atoms with Crippen molar-refractivity contribution in [3.8, 4) is 0 Å². The molecule has 68 heavy (non-hydrogen) atoms. The molecular weight excluding hydrogens is 869 g/mol. The third-order valence-corrected chi connectivity index (χ3v) is 15.3. The first-order valence-electron chi connectivity index (χ1n) is 25.1. The number of amides is 1. The Bertz CT molecular complexity index is 1990. The second-order valence-corrected chi connectivity index (χ2v) is 20.5. The van der Waals surface area contributed by atoms with E-state index < -0.39 is 77.8 Å². The number of allylic oxidation sites excluding steroid dienone is 7. The van der Waals surface area contributed by atoms with Crippen LogP contribution in [0.5, 0.6) is 0 Å². The number of nitrogens with one attached hydrogen (secondary N) is 1. The molecule has 0 spiro atoms. The van der Waals surface area contributed by atoms with Crippen molar-refractivity contribution in [3.63, 3.8) is 0 Å². The average molecular weight is 949 g/mol. The molecule has 1 aromatic heterocycles. The molecule has 0 aromatic carbocycles. The van der Waals surface area contributed by atoms with Crippen molar-refractivity contribution in [1.29, 1.82) is 0 Å². The Hall–Kier alpha value is -4.05. The van der Waals surface area contributed by atoms with Crippen LogP contribution in [0, 0.1) is 35.5 Å². The number of aliphatic hydroxyl groups is 3. The average Bonchev–Trinajstić information content (AvgIpc) is 3.86. The monoisotopic (exact) mass is 949 g/mol. The van der Waals surface area contributed by atoms with E-state index in [1.807, 2.05) is 76.4 Å². The zero-order chi connectivity index (χ0) is 49.9. The summed E-state index contributed by atoms with van der Waals surface area (Å²) in [4.78, 5) is 75.7. The van der Waals surface area contributed by atoms with Gasteiger partial charge in [0, 0.05) is 62.7 Å². The number of hydrogen-bond donors (Lipinski definition) is 4. The molecular formula is C54H80N2O12. The minimum absolute atomic E-state index is 0.0193. The SMILES string of the molecule is COC1C(=O)[C@H](C)C[C@H](C)/C=C/C=C/C=C(\C)C(c2ccc[nH]2)C[C@@H]2CC[C@@H](C)[C@@](O)(O2)C(=O)C(=O)N2CCCC[C@H]2C(=O)O[C@H]([C@H](C)C[C@@H]2CC[C@@H](O)[C@H](OC)C2)CC(=O)[C@H](C)/C=C(\C)[C@H]1O. The fourth-order valence-corrected chi connectivity index (χ4v) is 10.8. The second kappa shape index (κ2) is 25.2. The number of ether oxygens (including phenoxy) is 4. The van der Waals surface area contributed by atoms with E-state index in [0.29, 0.717) is 63.4 Å². The van der Waals surface area contributed by atoms with E-state index in [9.17, 15) is 39.3 Å². The minimum atomic E-state index is -2.43. The number of piperidine rings is 1. The zero-order valence-corrected chi connectivity index (χ0v) is 41.9. The zero-order valence-electron chi connectivity index (χ0n) is 41.9. The summed E-state index contributed by atoms with van der Waals surface area (Å²) in [5, 5.41) is 34.1. The Morgan fingerprint density at radius 1 is 0.897 bits per heavy atom. The van der Waals surface area contributed by atoms with Gasteiger partial charge in [-0.05, 0) is 120 Å². The van der Waals surface area contributed by atoms with Crippen LogP contribution in [-0.4, -0.2) is 124 Å². The summed E-state index contributed by atoms with van der Waals surface area (Å²) in [5.41, 5.74) is 2.32. The Balaban J connectivity index is 1.49. The van der Waals surface area contributed by atoms with Crippen molar-refractivity contribution < 1.29 is 58.2 Å². The lowest BCUT2D eigenvalue weighted by atomic mass is 9.78. The van der Waals surface area contributed by atoms with E-state index in [1.54, 1.807) is 34.0 Å². The molecule has 15 atom stereocenters. The lowest BCUT2D eigenvalue weighted by Gasteiger charge is -2.43. The molecule has 0 radical (unpaired) electrons. The molecule has 3 aliphatic heterocycles. The Kier molecular flexibility index (Phi) is 20.3. The standard InChI is InChI=1S/C54H80N2O12/c1-32-16-11-10-12-17-33(2)41(42-18-15-24-55-42)30-40-22-20-38(7)54(64,68-40)51(61)52(62)56-25-14-13-19-43(56)53(63)67-46(35(4)28-39-21-23-44(57)47(29-39)65-8)31-45(58)34(3)27-37(6)49(60)50(66-9)48(59)36(5)26-32/h10-12,15-18,24,27,32,34-36,38-41,43-44,46-47,49-50,55,57,60,64H,13-14,19-23,25-26,28-31H2,1-9H3/b12-10+,16-11+,33-17+,37-27+/t32-,34-,35-,36-,38-,39+,40+,41?,43+,44-,46+,47-,49-,50?,54-/m1/s1. The number of rotatable bonds is 6. The number of fused-ring (bicyclic) bond motifs is 3. The summed E-state index contributed by atoms with van der Waals surface area (Å²) >= 11 is 0. The number of ketones is 3. The summed E-state index contributed by atoms with van der Waals surface area (Å²) in [6.07, 6.45) is 13.9. The smallest absolute Gasteiger partial charge is 0.329 e. The number of methoxy groups -OCH3 is 2. The molecule has 378 valence electrons. The fraction of sp³-hybridized carbons (Fsp3) is 0.685. The Morgan fingerprint density at radius 2 is 1.65 bits per heavy atom. The summed E-state index contributed by atoms with van der Waals surface area (Å²) in [6.45, 7) is 12.9. The van der Waals surface area contributed by atoms with E-state index in [1.165, 1.54) is 12.0 Å². The number of esters is 1. The maximum absolute atomic E-state index is 14.5. The van der Waals surface area contributed by atoms with Crippen LogP contribution < -0.4 is 0 Å². The number of carbonyl (C=O) groups excluding carboxylic acids is 5. The van der Waals surface area contributed by atoms with Crippen LogP contribution in [0.4, 0.5) is 0 Å². The summed E-state index contributed by atoms with van der Waals surface area (Å²) in [6, 6.07) is 2.75. The van der Waals surface area contributed by atoms with Crippen molar-refractivity contribution in [2.24, 2.45) is 35.5 Å². The van der Waals surface area contributed by atoms with E-state index in [-0.39, 0.29) is 60.7 Å². The van der Waals surface area contributed by atoms with Crippen molar-refractivity contribution in [3.05, 3.63) is 71.6 Å². The van der Waals surface area contributed by atoms with Gasteiger partial charge in [-0.15, -0.1) is 0 Å². The van der Waals surface area contributed by atoms with Gasteiger partial charge in [0.1, 0.15) is 30.1 Å². The molecule has 3 fully saturated rings. The normalized spacial score (nSPS) is 39.1. The molecule has 4 heterocycles. The topological polar surface area (TPSA) is 202 Å². The molecule has 4 aliphatic rings. The summed E-state index contributed by atoms with van der Waals surface area (Å²) < 4.78 is 23.8. The van der Waals surface area contributed by atoms with Crippen LogP contribution in [0.2, 0.25) is 0 Å². The highest BCUT2D eigenvalue weighted by molar-refractivity contribution is 6.39. The summed E-state index contributed by atoms with van der Waals surface area (Å²) in [7, 11) is 2.95. The van der Waals surface area contributed by atoms with Gasteiger partial charge in [0.2, 0.25) is 5.79 Å². The fourth-order valence-electron chi connectivity index (χ4n) is 10.8. The first-order valence-corrected chi connectivity index (χ1v) is 25.1. The highest BCUT2D eigenvalue weighted by atomic mass is 16.6. The van der Waals surface area contributed by atoms with Gasteiger partial charge in [-0.25, -0.2) is 4.79 Å². The maximum atomic E-state index is 14.5. The first-order chi connectivity index (χ1) is 32.3. The molecule has 2 bridgehead atoms. The third-order valence-electron chi connectivity index (χ3n) is 15.3. The predicted octanol–water partition coefficient (Wildman–Crippen LogP) is 7.28. The molecule has 1 aliphatic carbocycles. The lowest BCUT2D eigenvalue weighted by Crippen LogP contribution is -2.60. The van der Waals surface area contributed by atoms with Crippen LogP contribution in [0.25, 0.3) is 0 Å². The Labute approximate surface area is 404 Å².